The van der Waals surface area contributed by atoms with Crippen molar-refractivity contribution in [3.05, 3.63) is 39.7 Å². The van der Waals surface area contributed by atoms with Crippen molar-refractivity contribution in [3.63, 3.8) is 0 Å². The number of nitrogens with zero attached hydrogens (tertiary/aromatic N) is 2. The Morgan fingerprint density at radius 2 is 2.24 bits per heavy atom. The summed E-state index contributed by atoms with van der Waals surface area (Å²) < 4.78 is 14.1. The molecule has 1 unspecified atom stereocenters. The Hall–Kier alpha value is -2.35. The molecule has 1 rings (SSSR count). The van der Waals surface area contributed by atoms with Crippen molar-refractivity contribution in [2.24, 2.45) is 5.10 Å². The Morgan fingerprint density at radius 3 is 2.76 bits per heavy atom. The highest BCUT2D eigenvalue weighted by molar-refractivity contribution is 6.48. The van der Waals surface area contributed by atoms with E-state index in [1.165, 1.54) is 12.1 Å². The lowest BCUT2D eigenvalue weighted by atomic mass is 10.0. The Kier molecular flexibility index (Phi) is 5.92. The highest BCUT2D eigenvalue weighted by Crippen LogP contribution is 2.21. The zero-order valence-electron chi connectivity index (χ0n) is 12.1. The minimum absolute atomic E-state index is 0.150. The predicted molar refractivity (Wildman–Crippen MR) is 79.5 cm³/mol. The largest absolute Gasteiger partial charge is 0.312 e. The maximum Gasteiger partial charge on any atom is 0.305 e. The number of nitro groups is 1. The van der Waals surface area contributed by atoms with Crippen LogP contribution in [0.15, 0.2) is 23.3 Å². The van der Waals surface area contributed by atoms with Crippen LogP contribution in [0.4, 0.5) is 10.1 Å². The molecular weight excluding hydrogens is 277 g/mol. The maximum absolute atomic E-state index is 14.1. The van der Waals surface area contributed by atoms with E-state index in [2.05, 4.69) is 15.8 Å². The Bertz CT molecular complexity index is 574. The summed E-state index contributed by atoms with van der Waals surface area (Å²) in [6.45, 7) is 4.15. The van der Waals surface area contributed by atoms with Crippen molar-refractivity contribution in [2.75, 3.05) is 13.6 Å². The van der Waals surface area contributed by atoms with Crippen LogP contribution in [0.2, 0.25) is 0 Å². The number of nitrogens with one attached hydrogen (secondary N) is 3. The molecule has 114 valence electrons. The second-order valence-electron chi connectivity index (χ2n) is 4.29. The highest BCUT2D eigenvalue weighted by atomic mass is 19.1. The fraction of sp³-hybridized carbons (Fsp3) is 0.385. The zero-order valence-corrected chi connectivity index (χ0v) is 12.1. The normalized spacial score (nSPS) is 12.9. The van der Waals surface area contributed by atoms with Crippen LogP contribution in [0.1, 0.15) is 19.4 Å². The molecule has 0 aliphatic heterocycles. The lowest BCUT2D eigenvalue weighted by molar-refractivity contribution is -0.387. The van der Waals surface area contributed by atoms with Gasteiger partial charge in [-0.15, -0.1) is 0 Å². The topological polar surface area (TPSA) is 103 Å². The van der Waals surface area contributed by atoms with Crippen molar-refractivity contribution in [1.82, 2.24) is 10.7 Å². The quantitative estimate of drug-likeness (QED) is 0.404. The van der Waals surface area contributed by atoms with E-state index in [0.29, 0.717) is 6.54 Å². The predicted octanol–water partition coefficient (Wildman–Crippen LogP) is 1.68. The van der Waals surface area contributed by atoms with Crippen LogP contribution >= 0.6 is 0 Å². The number of hydrogen-bond donors (Lipinski definition) is 3. The summed E-state index contributed by atoms with van der Waals surface area (Å²) in [4.78, 5) is 9.96. The standard InChI is InChI=1S/C13H18FN5O2/c1-4-17-18-13(8(2)16-3)12(15)9-6-5-7-10(11(9)14)19(20)21/h5-8,15-17H,4H2,1-3H3/b15-12?,18-13-. The fourth-order valence-electron chi connectivity index (χ4n) is 1.66. The molecule has 7 nitrogen and oxygen atoms in total. The monoisotopic (exact) mass is 295 g/mol. The summed E-state index contributed by atoms with van der Waals surface area (Å²) in [5, 5.41) is 25.8. The summed E-state index contributed by atoms with van der Waals surface area (Å²) >= 11 is 0. The van der Waals surface area contributed by atoms with Gasteiger partial charge in [-0.2, -0.15) is 9.49 Å². The van der Waals surface area contributed by atoms with Crippen LogP contribution in [0.25, 0.3) is 0 Å². The van der Waals surface area contributed by atoms with Crippen molar-refractivity contribution < 1.29 is 9.31 Å². The third-order valence-electron chi connectivity index (χ3n) is 2.90. The first-order valence-corrected chi connectivity index (χ1v) is 6.43. The Balaban J connectivity index is 3.27. The number of hydrazone groups is 1. The van der Waals surface area contributed by atoms with E-state index < -0.39 is 16.4 Å². The molecular formula is C13H18FN5O2. The van der Waals surface area contributed by atoms with Crippen molar-refractivity contribution in [2.45, 2.75) is 19.9 Å². The summed E-state index contributed by atoms with van der Waals surface area (Å²) in [7, 11) is 1.68. The van der Waals surface area contributed by atoms with Crippen LogP contribution in [-0.4, -0.2) is 36.0 Å². The first kappa shape index (κ1) is 16.7. The lowest BCUT2D eigenvalue weighted by Gasteiger charge is -2.15. The Morgan fingerprint density at radius 1 is 1.57 bits per heavy atom. The molecule has 0 saturated carbocycles. The van der Waals surface area contributed by atoms with E-state index in [4.69, 9.17) is 5.41 Å². The number of nitro benzene ring substituents is 1. The minimum atomic E-state index is -1.03. The van der Waals surface area contributed by atoms with Gasteiger partial charge in [0.15, 0.2) is 0 Å². The molecule has 0 aliphatic rings. The molecule has 1 atom stereocenters. The summed E-state index contributed by atoms with van der Waals surface area (Å²) in [6, 6.07) is 3.43. The zero-order chi connectivity index (χ0) is 16.0. The molecule has 8 heteroatoms. The molecule has 1 aromatic rings. The highest BCUT2D eigenvalue weighted by Gasteiger charge is 2.24. The first-order chi connectivity index (χ1) is 9.93. The van der Waals surface area contributed by atoms with Crippen molar-refractivity contribution >= 4 is 17.1 Å². The van der Waals surface area contributed by atoms with Crippen molar-refractivity contribution in [1.29, 1.82) is 5.41 Å². The molecule has 0 aromatic heterocycles. The van der Waals surface area contributed by atoms with Gasteiger partial charge in [-0.3, -0.25) is 15.5 Å². The molecule has 0 heterocycles. The molecule has 3 N–H and O–H groups in total. The maximum atomic E-state index is 14.1. The second kappa shape index (κ2) is 7.44. The van der Waals surface area contributed by atoms with Crippen LogP contribution in [0.5, 0.6) is 0 Å². The lowest BCUT2D eigenvalue weighted by Crippen LogP contribution is -2.38. The summed E-state index contributed by atoms with van der Waals surface area (Å²) in [6.07, 6.45) is 0. The molecule has 0 bridgehead atoms. The van der Waals surface area contributed by atoms with Crippen LogP contribution in [0.3, 0.4) is 0 Å². The third kappa shape index (κ3) is 3.82. The van der Waals surface area contributed by atoms with E-state index >= 15 is 0 Å². The van der Waals surface area contributed by atoms with Crippen molar-refractivity contribution in [3.8, 4) is 0 Å². The molecule has 0 amide bonds. The number of hydrogen-bond acceptors (Lipinski definition) is 6. The van der Waals surface area contributed by atoms with Crippen LogP contribution in [0, 0.1) is 21.3 Å². The van der Waals surface area contributed by atoms with Gasteiger partial charge in [0.05, 0.1) is 16.7 Å². The van der Waals surface area contributed by atoms with Gasteiger partial charge >= 0.3 is 5.69 Å². The van der Waals surface area contributed by atoms with Gasteiger partial charge in [-0.25, -0.2) is 0 Å². The molecule has 1 aromatic carbocycles. The fourth-order valence-corrected chi connectivity index (χ4v) is 1.66. The average Bonchev–Trinajstić information content (AvgIpc) is 2.46. The smallest absolute Gasteiger partial charge is 0.305 e. The number of halogens is 1. The first-order valence-electron chi connectivity index (χ1n) is 6.43. The van der Waals surface area contributed by atoms with Gasteiger partial charge in [0, 0.05) is 18.2 Å². The van der Waals surface area contributed by atoms with Gasteiger partial charge in [-0.1, -0.05) is 6.07 Å². The minimum Gasteiger partial charge on any atom is -0.312 e. The van der Waals surface area contributed by atoms with E-state index in [9.17, 15) is 14.5 Å². The molecule has 0 radical (unpaired) electrons. The summed E-state index contributed by atoms with van der Waals surface area (Å²) in [5.41, 5.74) is 2.00. The Labute approximate surface area is 121 Å². The number of rotatable bonds is 7. The van der Waals surface area contributed by atoms with E-state index in [0.717, 1.165) is 6.07 Å². The third-order valence-corrected chi connectivity index (χ3v) is 2.90. The van der Waals surface area contributed by atoms with Gasteiger partial charge in [0.2, 0.25) is 5.82 Å². The van der Waals surface area contributed by atoms with E-state index in [1.54, 1.807) is 14.0 Å². The molecule has 0 fully saturated rings. The van der Waals surface area contributed by atoms with E-state index in [-0.39, 0.29) is 23.0 Å². The van der Waals surface area contributed by atoms with Crippen LogP contribution < -0.4 is 10.7 Å². The number of benzene rings is 1. The average molecular weight is 295 g/mol. The van der Waals surface area contributed by atoms with Gasteiger partial charge in [-0.05, 0) is 27.0 Å². The molecule has 0 saturated heterocycles. The van der Waals surface area contributed by atoms with Crippen LogP contribution in [-0.2, 0) is 0 Å². The van der Waals surface area contributed by atoms with Gasteiger partial charge < -0.3 is 10.7 Å². The molecule has 0 aliphatic carbocycles. The van der Waals surface area contributed by atoms with Gasteiger partial charge in [0.1, 0.15) is 5.71 Å². The van der Waals surface area contributed by atoms with Gasteiger partial charge in [0.25, 0.3) is 0 Å². The SMILES string of the molecule is CCN/N=C(\C(=N)c1cccc([N+](=O)[O-])c1F)C(C)NC. The second-order valence-corrected chi connectivity index (χ2v) is 4.29. The summed E-state index contributed by atoms with van der Waals surface area (Å²) in [5.74, 6) is -1.03. The molecule has 21 heavy (non-hydrogen) atoms. The molecule has 0 spiro atoms. The van der Waals surface area contributed by atoms with E-state index in [1.807, 2.05) is 6.92 Å².